The van der Waals surface area contributed by atoms with Gasteiger partial charge >= 0.3 is 0 Å². The van der Waals surface area contributed by atoms with Crippen molar-refractivity contribution in [3.8, 4) is 5.75 Å². The summed E-state index contributed by atoms with van der Waals surface area (Å²) in [5, 5.41) is 10.2. The van der Waals surface area contributed by atoms with Gasteiger partial charge in [-0.3, -0.25) is 0 Å². The molecular formula is C18H29NO2. The molecule has 0 amide bonds. The molecule has 2 rings (SSSR count). The van der Waals surface area contributed by atoms with E-state index in [4.69, 9.17) is 4.74 Å². The highest BCUT2D eigenvalue weighted by Gasteiger charge is 2.23. The van der Waals surface area contributed by atoms with Crippen molar-refractivity contribution in [2.24, 2.45) is 11.8 Å². The van der Waals surface area contributed by atoms with E-state index in [0.717, 1.165) is 36.2 Å². The molecule has 0 spiro atoms. The molecule has 118 valence electrons. The molecular weight excluding hydrogens is 262 g/mol. The molecule has 0 aliphatic carbocycles. The fraction of sp³-hybridized carbons (Fsp3) is 0.667. The Morgan fingerprint density at radius 1 is 1.24 bits per heavy atom. The van der Waals surface area contributed by atoms with E-state index < -0.39 is 6.10 Å². The number of aryl methyl sites for hydroxylation is 2. The lowest BCUT2D eigenvalue weighted by molar-refractivity contribution is 0.0427. The molecule has 1 saturated heterocycles. The third-order valence-electron chi connectivity index (χ3n) is 4.19. The molecule has 1 fully saturated rings. The van der Waals surface area contributed by atoms with Gasteiger partial charge in [-0.2, -0.15) is 0 Å². The molecule has 21 heavy (non-hydrogen) atoms. The van der Waals surface area contributed by atoms with Crippen LogP contribution in [0.5, 0.6) is 5.75 Å². The number of ether oxygens (including phenoxy) is 1. The van der Waals surface area contributed by atoms with Crippen LogP contribution in [0, 0.1) is 25.7 Å². The Bertz CT molecular complexity index is 451. The Kier molecular flexibility index (Phi) is 5.65. The van der Waals surface area contributed by atoms with Gasteiger partial charge in [0, 0.05) is 19.6 Å². The maximum atomic E-state index is 10.2. The highest BCUT2D eigenvalue weighted by molar-refractivity contribution is 5.35. The van der Waals surface area contributed by atoms with Crippen LogP contribution in [0.1, 0.15) is 31.4 Å². The number of hydrogen-bond acceptors (Lipinski definition) is 3. The van der Waals surface area contributed by atoms with Crippen LogP contribution in [0.4, 0.5) is 0 Å². The normalized spacial score (nSPS) is 24.8. The average molecular weight is 291 g/mol. The van der Waals surface area contributed by atoms with Gasteiger partial charge in [0.25, 0.3) is 0 Å². The number of nitrogens with zero attached hydrogens (tertiary/aromatic N) is 1. The number of likely N-dealkylation sites (tertiary alicyclic amines) is 1. The summed E-state index contributed by atoms with van der Waals surface area (Å²) < 4.78 is 5.80. The fourth-order valence-electron chi connectivity index (χ4n) is 3.34. The maximum absolute atomic E-state index is 10.2. The van der Waals surface area contributed by atoms with E-state index >= 15 is 0 Å². The largest absolute Gasteiger partial charge is 0.491 e. The third kappa shape index (κ3) is 5.01. The minimum Gasteiger partial charge on any atom is -0.491 e. The highest BCUT2D eigenvalue weighted by Crippen LogP contribution is 2.22. The van der Waals surface area contributed by atoms with Gasteiger partial charge < -0.3 is 14.7 Å². The second kappa shape index (κ2) is 7.28. The second-order valence-corrected chi connectivity index (χ2v) is 6.90. The molecule has 1 aromatic rings. The van der Waals surface area contributed by atoms with E-state index in [1.54, 1.807) is 0 Å². The summed E-state index contributed by atoms with van der Waals surface area (Å²) in [6.07, 6.45) is 0.869. The van der Waals surface area contributed by atoms with E-state index in [9.17, 15) is 5.11 Å². The Labute approximate surface area is 128 Å². The number of benzene rings is 1. The number of hydrogen-bond donors (Lipinski definition) is 1. The highest BCUT2D eigenvalue weighted by atomic mass is 16.5. The maximum Gasteiger partial charge on any atom is 0.122 e. The van der Waals surface area contributed by atoms with Crippen LogP contribution in [0.25, 0.3) is 0 Å². The van der Waals surface area contributed by atoms with Gasteiger partial charge in [-0.15, -0.1) is 0 Å². The molecule has 0 bridgehead atoms. The molecule has 1 N–H and O–H groups in total. The monoisotopic (exact) mass is 291 g/mol. The van der Waals surface area contributed by atoms with E-state index in [1.165, 1.54) is 12.0 Å². The van der Waals surface area contributed by atoms with Gasteiger partial charge in [0.15, 0.2) is 0 Å². The first-order chi connectivity index (χ1) is 9.94. The molecule has 0 aromatic heterocycles. The van der Waals surface area contributed by atoms with E-state index in [-0.39, 0.29) is 0 Å². The molecule has 1 heterocycles. The number of piperidine rings is 1. The average Bonchev–Trinajstić information content (AvgIpc) is 2.38. The van der Waals surface area contributed by atoms with Crippen molar-refractivity contribution in [3.05, 3.63) is 29.3 Å². The molecule has 1 aliphatic heterocycles. The molecule has 1 aromatic carbocycles. The molecule has 0 saturated carbocycles. The lowest BCUT2D eigenvalue weighted by Crippen LogP contribution is -2.44. The fourth-order valence-corrected chi connectivity index (χ4v) is 3.34. The zero-order chi connectivity index (χ0) is 15.4. The first kappa shape index (κ1) is 16.3. The third-order valence-corrected chi connectivity index (χ3v) is 4.19. The van der Waals surface area contributed by atoms with Crippen LogP contribution in [0.2, 0.25) is 0 Å². The minimum absolute atomic E-state index is 0.365. The lowest BCUT2D eigenvalue weighted by Gasteiger charge is -2.35. The van der Waals surface area contributed by atoms with Gasteiger partial charge in [0.05, 0.1) is 0 Å². The summed E-state index contributed by atoms with van der Waals surface area (Å²) in [6.45, 7) is 11.9. The molecule has 0 radical (unpaired) electrons. The van der Waals surface area contributed by atoms with Crippen molar-refractivity contribution in [2.75, 3.05) is 26.2 Å². The summed E-state index contributed by atoms with van der Waals surface area (Å²) in [6, 6.07) is 6.17. The van der Waals surface area contributed by atoms with Crippen LogP contribution in [-0.4, -0.2) is 42.4 Å². The van der Waals surface area contributed by atoms with Crippen molar-refractivity contribution in [3.63, 3.8) is 0 Å². The number of aliphatic hydroxyl groups excluding tert-OH is 1. The predicted octanol–water partition coefficient (Wildman–Crippen LogP) is 3.02. The zero-order valence-corrected chi connectivity index (χ0v) is 13.8. The molecule has 3 nitrogen and oxygen atoms in total. The first-order valence-electron chi connectivity index (χ1n) is 8.04. The van der Waals surface area contributed by atoms with Crippen LogP contribution in [0.3, 0.4) is 0 Å². The predicted molar refractivity (Wildman–Crippen MR) is 86.8 cm³/mol. The van der Waals surface area contributed by atoms with Crippen molar-refractivity contribution < 1.29 is 9.84 Å². The van der Waals surface area contributed by atoms with Gasteiger partial charge in [-0.25, -0.2) is 0 Å². The zero-order valence-electron chi connectivity index (χ0n) is 13.8. The van der Waals surface area contributed by atoms with Gasteiger partial charge in [-0.1, -0.05) is 26.0 Å². The Morgan fingerprint density at radius 3 is 2.57 bits per heavy atom. The van der Waals surface area contributed by atoms with Crippen molar-refractivity contribution >= 4 is 0 Å². The summed E-state index contributed by atoms with van der Waals surface area (Å²) in [5.41, 5.74) is 2.30. The molecule has 3 atom stereocenters. The quantitative estimate of drug-likeness (QED) is 0.905. The topological polar surface area (TPSA) is 32.7 Å². The number of β-amino-alcohol motifs (C(OH)–C–C–N with tert-alkyl or cyclic N) is 1. The molecule has 0 unspecified atom stereocenters. The van der Waals surface area contributed by atoms with Gasteiger partial charge in [0.1, 0.15) is 18.5 Å². The van der Waals surface area contributed by atoms with E-state index in [2.05, 4.69) is 37.8 Å². The number of aliphatic hydroxyl groups is 1. The summed E-state index contributed by atoms with van der Waals surface area (Å²) in [4.78, 5) is 2.37. The Morgan fingerprint density at radius 2 is 1.90 bits per heavy atom. The Balaban J connectivity index is 1.81. The first-order valence-corrected chi connectivity index (χ1v) is 8.04. The van der Waals surface area contributed by atoms with Crippen LogP contribution in [-0.2, 0) is 0 Å². The van der Waals surface area contributed by atoms with Crippen molar-refractivity contribution in [1.29, 1.82) is 0 Å². The second-order valence-electron chi connectivity index (χ2n) is 6.90. The van der Waals surface area contributed by atoms with E-state index in [0.29, 0.717) is 13.2 Å². The van der Waals surface area contributed by atoms with Crippen LogP contribution in [0.15, 0.2) is 18.2 Å². The summed E-state index contributed by atoms with van der Waals surface area (Å²) in [5.74, 6) is 2.33. The SMILES string of the molecule is Cc1ccc(C)c(OC[C@@H](O)CN2C[C@H](C)C[C@@H](C)C2)c1. The van der Waals surface area contributed by atoms with Crippen molar-refractivity contribution in [2.45, 2.75) is 40.2 Å². The summed E-state index contributed by atoms with van der Waals surface area (Å²) in [7, 11) is 0. The van der Waals surface area contributed by atoms with Gasteiger partial charge in [0.2, 0.25) is 0 Å². The Hall–Kier alpha value is -1.06. The molecule has 3 heteroatoms. The minimum atomic E-state index is -0.428. The smallest absolute Gasteiger partial charge is 0.122 e. The number of rotatable bonds is 5. The van der Waals surface area contributed by atoms with Crippen molar-refractivity contribution in [1.82, 2.24) is 4.90 Å². The lowest BCUT2D eigenvalue weighted by atomic mass is 9.92. The van der Waals surface area contributed by atoms with Crippen LogP contribution < -0.4 is 4.74 Å². The standard InChI is InChI=1S/C18H29NO2/c1-13-5-6-16(4)18(8-13)21-12-17(20)11-19-9-14(2)7-15(3)10-19/h5-6,8,14-15,17,20H,7,9-12H2,1-4H3/t14-,15-,17+/m1/s1. The van der Waals surface area contributed by atoms with Crippen LogP contribution >= 0.6 is 0 Å². The van der Waals surface area contributed by atoms with E-state index in [1.807, 2.05) is 13.0 Å². The summed E-state index contributed by atoms with van der Waals surface area (Å²) >= 11 is 0. The molecule has 1 aliphatic rings. The van der Waals surface area contributed by atoms with Gasteiger partial charge in [-0.05, 0) is 49.3 Å².